The third-order valence-electron chi connectivity index (χ3n) is 3.59. The fourth-order valence-corrected chi connectivity index (χ4v) is 2.33. The molecule has 0 aliphatic rings. The van der Waals surface area contributed by atoms with Crippen molar-refractivity contribution in [2.45, 2.75) is 26.9 Å². The molecule has 0 fully saturated rings. The molecular formula is C19H23NO3. The van der Waals surface area contributed by atoms with Crippen LogP contribution in [0.15, 0.2) is 42.5 Å². The number of nitrogens with one attached hydrogen (secondary N) is 1. The Kier molecular flexibility index (Phi) is 6.18. The number of amides is 1. The zero-order chi connectivity index (χ0) is 16.7. The van der Waals surface area contributed by atoms with E-state index in [0.29, 0.717) is 19.6 Å². The zero-order valence-electron chi connectivity index (χ0n) is 13.9. The van der Waals surface area contributed by atoms with Crippen LogP contribution >= 0.6 is 0 Å². The van der Waals surface area contributed by atoms with Gasteiger partial charge in [-0.15, -0.1) is 0 Å². The number of carbonyl (C=O) groups is 1. The van der Waals surface area contributed by atoms with E-state index in [4.69, 9.17) is 9.47 Å². The monoisotopic (exact) mass is 313 g/mol. The predicted molar refractivity (Wildman–Crippen MR) is 91.8 cm³/mol. The van der Waals surface area contributed by atoms with Crippen molar-refractivity contribution >= 4 is 11.6 Å². The minimum absolute atomic E-state index is 0.0557. The van der Waals surface area contributed by atoms with Crippen molar-refractivity contribution in [3.63, 3.8) is 0 Å². The Morgan fingerprint density at radius 3 is 2.70 bits per heavy atom. The van der Waals surface area contributed by atoms with E-state index in [1.807, 2.05) is 56.3 Å². The van der Waals surface area contributed by atoms with Crippen LogP contribution in [0.25, 0.3) is 0 Å². The second-order valence-corrected chi connectivity index (χ2v) is 5.32. The molecule has 23 heavy (non-hydrogen) atoms. The molecule has 2 rings (SSSR count). The van der Waals surface area contributed by atoms with Gasteiger partial charge in [0.05, 0.1) is 20.1 Å². The molecule has 0 bridgehead atoms. The molecule has 4 nitrogen and oxygen atoms in total. The molecule has 1 amide bonds. The lowest BCUT2D eigenvalue weighted by atomic mass is 10.1. The summed E-state index contributed by atoms with van der Waals surface area (Å²) in [5, 5.41) is 2.96. The molecule has 122 valence electrons. The molecular weight excluding hydrogens is 290 g/mol. The first-order chi connectivity index (χ1) is 11.1. The molecule has 0 radical (unpaired) electrons. The number of benzene rings is 2. The summed E-state index contributed by atoms with van der Waals surface area (Å²) in [6.07, 6.45) is 0.305. The first kappa shape index (κ1) is 17.0. The van der Waals surface area contributed by atoms with Gasteiger partial charge in [-0.25, -0.2) is 0 Å². The van der Waals surface area contributed by atoms with E-state index in [2.05, 4.69) is 5.32 Å². The Balaban J connectivity index is 2.05. The van der Waals surface area contributed by atoms with E-state index in [0.717, 1.165) is 28.1 Å². The maximum Gasteiger partial charge on any atom is 0.228 e. The number of para-hydroxylation sites is 1. The van der Waals surface area contributed by atoms with Crippen LogP contribution in [0.2, 0.25) is 0 Å². The molecule has 0 atom stereocenters. The van der Waals surface area contributed by atoms with Crippen LogP contribution in [0.1, 0.15) is 23.6 Å². The molecule has 0 saturated heterocycles. The molecule has 0 aliphatic heterocycles. The van der Waals surface area contributed by atoms with Gasteiger partial charge >= 0.3 is 0 Å². The van der Waals surface area contributed by atoms with E-state index >= 15 is 0 Å². The highest BCUT2D eigenvalue weighted by molar-refractivity contribution is 5.93. The van der Waals surface area contributed by atoms with Gasteiger partial charge in [-0.2, -0.15) is 0 Å². The van der Waals surface area contributed by atoms with Crippen molar-refractivity contribution in [3.8, 4) is 5.75 Å². The van der Waals surface area contributed by atoms with Gasteiger partial charge in [-0.1, -0.05) is 30.3 Å². The second-order valence-electron chi connectivity index (χ2n) is 5.32. The number of hydrogen-bond donors (Lipinski definition) is 1. The maximum absolute atomic E-state index is 12.3. The summed E-state index contributed by atoms with van der Waals surface area (Å²) in [6, 6.07) is 13.5. The van der Waals surface area contributed by atoms with Crippen molar-refractivity contribution in [1.82, 2.24) is 0 Å². The third kappa shape index (κ3) is 4.83. The van der Waals surface area contributed by atoms with Crippen LogP contribution in [-0.4, -0.2) is 19.6 Å². The molecule has 2 aromatic carbocycles. The Hall–Kier alpha value is -2.33. The molecule has 0 unspecified atom stereocenters. The predicted octanol–water partition coefficient (Wildman–Crippen LogP) is 3.72. The fraction of sp³-hybridized carbons (Fsp3) is 0.316. The van der Waals surface area contributed by atoms with Gasteiger partial charge < -0.3 is 14.8 Å². The van der Waals surface area contributed by atoms with Gasteiger partial charge in [0.1, 0.15) is 5.75 Å². The molecule has 0 heterocycles. The van der Waals surface area contributed by atoms with Crippen LogP contribution in [0.4, 0.5) is 5.69 Å². The highest BCUT2D eigenvalue weighted by Gasteiger charge is 2.09. The van der Waals surface area contributed by atoms with E-state index < -0.39 is 0 Å². The first-order valence-electron chi connectivity index (χ1n) is 7.73. The lowest BCUT2D eigenvalue weighted by molar-refractivity contribution is -0.115. The standard InChI is InChI=1S/C19H23NO3/c1-4-23-13-16-7-5-6-8-17(16)20-19(21)12-15-10-9-14(2)18(11-15)22-3/h5-11H,4,12-13H2,1-3H3,(H,20,21). The summed E-state index contributed by atoms with van der Waals surface area (Å²) in [7, 11) is 1.64. The zero-order valence-corrected chi connectivity index (χ0v) is 13.9. The Morgan fingerprint density at radius 1 is 1.17 bits per heavy atom. The lowest BCUT2D eigenvalue weighted by Gasteiger charge is -2.12. The van der Waals surface area contributed by atoms with Gasteiger partial charge in [0, 0.05) is 17.9 Å². The molecule has 1 N–H and O–H groups in total. The summed E-state index contributed by atoms with van der Waals surface area (Å²) >= 11 is 0. The van der Waals surface area contributed by atoms with Crippen molar-refractivity contribution < 1.29 is 14.3 Å². The third-order valence-corrected chi connectivity index (χ3v) is 3.59. The summed E-state index contributed by atoms with van der Waals surface area (Å²) in [6.45, 7) is 5.06. The second kappa shape index (κ2) is 8.34. The van der Waals surface area contributed by atoms with Gasteiger partial charge in [-0.3, -0.25) is 4.79 Å². The largest absolute Gasteiger partial charge is 0.496 e. The minimum Gasteiger partial charge on any atom is -0.496 e. The summed E-state index contributed by atoms with van der Waals surface area (Å²) in [4.78, 5) is 12.3. The number of anilines is 1. The molecule has 0 spiro atoms. The van der Waals surface area contributed by atoms with Gasteiger partial charge in [-0.05, 0) is 37.1 Å². The molecule has 0 aliphatic carbocycles. The van der Waals surface area contributed by atoms with Crippen LogP contribution in [-0.2, 0) is 22.6 Å². The smallest absolute Gasteiger partial charge is 0.228 e. The quantitative estimate of drug-likeness (QED) is 0.847. The molecule has 0 aromatic heterocycles. The van der Waals surface area contributed by atoms with Crippen LogP contribution in [0, 0.1) is 6.92 Å². The SMILES string of the molecule is CCOCc1ccccc1NC(=O)Cc1ccc(C)c(OC)c1. The van der Waals surface area contributed by atoms with Crippen molar-refractivity contribution in [3.05, 3.63) is 59.2 Å². The summed E-state index contributed by atoms with van der Waals surface area (Å²) < 4.78 is 10.7. The highest BCUT2D eigenvalue weighted by atomic mass is 16.5. The number of rotatable bonds is 7. The normalized spacial score (nSPS) is 10.4. The average molecular weight is 313 g/mol. The number of hydrogen-bond acceptors (Lipinski definition) is 3. The van der Waals surface area contributed by atoms with Crippen LogP contribution in [0.3, 0.4) is 0 Å². The van der Waals surface area contributed by atoms with Crippen molar-refractivity contribution in [1.29, 1.82) is 0 Å². The Morgan fingerprint density at radius 2 is 1.96 bits per heavy atom. The summed E-state index contributed by atoms with van der Waals surface area (Å²) in [5.74, 6) is 0.743. The van der Waals surface area contributed by atoms with E-state index in [1.54, 1.807) is 7.11 Å². The van der Waals surface area contributed by atoms with Crippen LogP contribution < -0.4 is 10.1 Å². The van der Waals surface area contributed by atoms with Crippen LogP contribution in [0.5, 0.6) is 5.75 Å². The number of methoxy groups -OCH3 is 1. The number of carbonyl (C=O) groups excluding carboxylic acids is 1. The number of ether oxygens (including phenoxy) is 2. The molecule has 0 saturated carbocycles. The topological polar surface area (TPSA) is 47.6 Å². The van der Waals surface area contributed by atoms with E-state index in [9.17, 15) is 4.79 Å². The van der Waals surface area contributed by atoms with Gasteiger partial charge in [0.15, 0.2) is 0 Å². The van der Waals surface area contributed by atoms with Gasteiger partial charge in [0.25, 0.3) is 0 Å². The van der Waals surface area contributed by atoms with Gasteiger partial charge in [0.2, 0.25) is 5.91 Å². The Labute approximate surface area is 137 Å². The first-order valence-corrected chi connectivity index (χ1v) is 7.73. The highest BCUT2D eigenvalue weighted by Crippen LogP contribution is 2.20. The number of aryl methyl sites for hydroxylation is 1. The fourth-order valence-electron chi connectivity index (χ4n) is 2.33. The molecule has 2 aromatic rings. The van der Waals surface area contributed by atoms with E-state index in [1.165, 1.54) is 0 Å². The summed E-state index contributed by atoms with van der Waals surface area (Å²) in [5.41, 5.74) is 3.75. The average Bonchev–Trinajstić information content (AvgIpc) is 2.55. The van der Waals surface area contributed by atoms with Crippen molar-refractivity contribution in [2.24, 2.45) is 0 Å². The Bertz CT molecular complexity index is 667. The maximum atomic E-state index is 12.3. The van der Waals surface area contributed by atoms with E-state index in [-0.39, 0.29) is 5.91 Å². The molecule has 4 heteroatoms. The minimum atomic E-state index is -0.0557. The van der Waals surface area contributed by atoms with Crippen molar-refractivity contribution in [2.75, 3.05) is 19.0 Å². The lowest BCUT2D eigenvalue weighted by Crippen LogP contribution is -2.16.